The summed E-state index contributed by atoms with van der Waals surface area (Å²) in [6.45, 7) is 29.4. The molecule has 2 aromatic rings. The monoisotopic (exact) mass is 730 g/mol. The predicted octanol–water partition coefficient (Wildman–Crippen LogP) is 11.0. The Morgan fingerprint density at radius 2 is 1.72 bits per heavy atom. The summed E-state index contributed by atoms with van der Waals surface area (Å²) in [5, 5.41) is 12.4. The number of hydrogen-bond donors (Lipinski definition) is 3. The number of nitrogens with zero attached hydrogens (tertiary/aromatic N) is 2. The van der Waals surface area contributed by atoms with Gasteiger partial charge in [0.2, 0.25) is 5.91 Å². The predicted molar refractivity (Wildman–Crippen MR) is 219 cm³/mol. The molecule has 1 amide bonds. The number of anilines is 2. The molecule has 1 atom stereocenters. The fourth-order valence-corrected chi connectivity index (χ4v) is 5.34. The molecule has 8 nitrogen and oxygen atoms in total. The average molecular weight is 731 g/mol. The molecule has 0 aliphatic carbocycles. The number of carboxylic acids is 1. The zero-order valence-electron chi connectivity index (χ0n) is 34.3. The lowest BCUT2D eigenvalue weighted by molar-refractivity contribution is -0.146. The number of halogens is 1. The summed E-state index contributed by atoms with van der Waals surface area (Å²) in [5.74, 6) is 0.0349. The molecular formula is C44H63FN4O4. The van der Waals surface area contributed by atoms with E-state index < -0.39 is 16.8 Å². The molecule has 9 heteroatoms. The van der Waals surface area contributed by atoms with Crippen LogP contribution in [0.2, 0.25) is 0 Å². The van der Waals surface area contributed by atoms with Crippen LogP contribution in [0.25, 0.3) is 5.57 Å². The molecule has 290 valence electrons. The third-order valence-corrected chi connectivity index (χ3v) is 9.16. The molecule has 0 radical (unpaired) electrons. The van der Waals surface area contributed by atoms with Crippen LogP contribution in [0.5, 0.6) is 0 Å². The highest BCUT2D eigenvalue weighted by molar-refractivity contribution is 6.08. The van der Waals surface area contributed by atoms with E-state index in [0.29, 0.717) is 36.0 Å². The lowest BCUT2D eigenvalue weighted by Gasteiger charge is -2.25. The van der Waals surface area contributed by atoms with Crippen LogP contribution in [0.4, 0.5) is 16.0 Å². The quantitative estimate of drug-likeness (QED) is 0.106. The number of rotatable bonds is 13. The van der Waals surface area contributed by atoms with Crippen LogP contribution in [0, 0.1) is 30.0 Å². The summed E-state index contributed by atoms with van der Waals surface area (Å²) >= 11 is 0. The van der Waals surface area contributed by atoms with Crippen molar-refractivity contribution < 1.29 is 23.8 Å². The third kappa shape index (κ3) is 12.0. The number of amides is 1. The third-order valence-electron chi connectivity index (χ3n) is 9.16. The number of nitrogens with two attached hydrogens (primary N) is 1. The van der Waals surface area contributed by atoms with Gasteiger partial charge in [-0.2, -0.15) is 0 Å². The van der Waals surface area contributed by atoms with Crippen molar-refractivity contribution in [3.05, 3.63) is 100 Å². The van der Waals surface area contributed by atoms with Gasteiger partial charge in [-0.1, -0.05) is 96.5 Å². The van der Waals surface area contributed by atoms with Gasteiger partial charge in [0.05, 0.1) is 17.2 Å². The molecule has 4 N–H and O–H groups in total. The van der Waals surface area contributed by atoms with Crippen LogP contribution in [0.1, 0.15) is 126 Å². The highest BCUT2D eigenvalue weighted by atomic mass is 19.1. The van der Waals surface area contributed by atoms with Gasteiger partial charge in [0.1, 0.15) is 28.6 Å². The number of allylic oxidation sites excluding steroid dienone is 7. The molecule has 3 rings (SSSR count). The molecule has 1 aromatic carbocycles. The van der Waals surface area contributed by atoms with E-state index in [2.05, 4.69) is 65.4 Å². The first-order valence-corrected chi connectivity index (χ1v) is 18.3. The van der Waals surface area contributed by atoms with Gasteiger partial charge < -0.3 is 20.9 Å². The van der Waals surface area contributed by atoms with Crippen LogP contribution in [0.15, 0.2) is 77.3 Å². The van der Waals surface area contributed by atoms with Crippen molar-refractivity contribution >= 4 is 29.1 Å². The number of hydrogen-bond acceptors (Lipinski definition) is 6. The van der Waals surface area contributed by atoms with Gasteiger partial charge in [-0.3, -0.25) is 9.59 Å². The molecule has 1 aliphatic rings. The first-order valence-electron chi connectivity index (χ1n) is 18.3. The fraction of sp³-hybridized carbons (Fsp3) is 0.455. The van der Waals surface area contributed by atoms with Gasteiger partial charge in [0, 0.05) is 5.57 Å². The van der Waals surface area contributed by atoms with E-state index in [4.69, 9.17) is 20.4 Å². The topological polar surface area (TPSA) is 127 Å². The highest BCUT2D eigenvalue weighted by Gasteiger charge is 2.50. The molecule has 2 heterocycles. The second-order valence-electron chi connectivity index (χ2n) is 13.5. The maximum atomic E-state index is 13.4. The number of benzene rings is 1. The molecule has 0 saturated carbocycles. The number of nitrogen functional groups attached to an aromatic ring is 1. The molecule has 0 spiro atoms. The molecule has 1 unspecified atom stereocenters. The Hall–Kier alpha value is -4.97. The maximum Gasteiger partial charge on any atom is 0.309 e. The summed E-state index contributed by atoms with van der Waals surface area (Å²) in [6, 6.07) is 6.84. The molecule has 1 aliphatic heterocycles. The number of aromatic nitrogens is 2. The number of ether oxygens (including phenoxy) is 1. The first-order chi connectivity index (χ1) is 24.9. The molecule has 1 aromatic heterocycles. The Labute approximate surface area is 318 Å². The minimum atomic E-state index is -1.34. The van der Waals surface area contributed by atoms with Crippen molar-refractivity contribution in [2.45, 2.75) is 121 Å². The van der Waals surface area contributed by atoms with Gasteiger partial charge in [0.25, 0.3) is 0 Å². The first kappa shape index (κ1) is 48.0. The summed E-state index contributed by atoms with van der Waals surface area (Å²) in [5.41, 5.74) is 10.5. The molecular weight excluding hydrogens is 668 g/mol. The van der Waals surface area contributed by atoms with E-state index in [1.807, 2.05) is 46.8 Å². The van der Waals surface area contributed by atoms with E-state index in [9.17, 15) is 19.1 Å². The van der Waals surface area contributed by atoms with Crippen molar-refractivity contribution in [1.82, 2.24) is 9.97 Å². The van der Waals surface area contributed by atoms with Crippen LogP contribution in [-0.2, 0) is 26.2 Å². The van der Waals surface area contributed by atoms with Crippen molar-refractivity contribution in [2.24, 2.45) is 11.3 Å². The minimum absolute atomic E-state index is 0.0972. The molecule has 0 fully saturated rings. The Bertz CT molecular complexity index is 1730. The number of carbonyl (C=O) groups is 2. The maximum absolute atomic E-state index is 13.4. The number of nitrogens with one attached hydrogen (secondary N) is 1. The van der Waals surface area contributed by atoms with Gasteiger partial charge >= 0.3 is 5.97 Å². The normalized spacial score (nSPS) is 16.0. The molecule has 0 bridgehead atoms. The number of carbonyl (C=O) groups excluding carboxylic acids is 1. The summed E-state index contributed by atoms with van der Waals surface area (Å²) in [6.07, 6.45) is 16.0. The minimum Gasteiger partial charge on any atom is -0.481 e. The van der Waals surface area contributed by atoms with Crippen molar-refractivity contribution in [3.8, 4) is 12.8 Å². The largest absolute Gasteiger partial charge is 0.481 e. The van der Waals surface area contributed by atoms with Crippen molar-refractivity contribution in [3.63, 3.8) is 0 Å². The fourth-order valence-electron chi connectivity index (χ4n) is 5.34. The standard InChI is InChI=1S/C32H46N4O4.C8H9F.C2H6.C2H2/c1-12-15-23(20(7)18(4)5)24(19(6)13-2)27-34-26(33)25-28(35-27)36-29(37)32(25,11)21(8)40-17-22(14-3)16-31(9,10)30(38)39;1-2-7-5-3-4-6-8(7)9;2*1-2/h12,15,17-18H,8,13-14,16H2,1-7,9-11H3,(H,38,39)(H3,33,34,35,36,37);3-6H,2H2,1H3;1-2H3;1-2H/b15-12-,22-17+,23-20-,24-19?;;;. The lowest BCUT2D eigenvalue weighted by atomic mass is 9.82. The lowest BCUT2D eigenvalue weighted by Crippen LogP contribution is -2.34. The SMILES string of the molecule is C#C.C=C(O/C=C(\CC)CC(C)(C)C(=O)O)C1(C)C(=O)Nc2nc(C(=C(C)CC)C(/C=C\C)=C(/C)C(C)C)nc(N)c21.CC.CCc1ccccc1F. The van der Waals surface area contributed by atoms with Gasteiger partial charge in [-0.25, -0.2) is 14.4 Å². The van der Waals surface area contributed by atoms with E-state index in [0.717, 1.165) is 40.7 Å². The number of aryl methyl sites for hydroxylation is 1. The van der Waals surface area contributed by atoms with E-state index >= 15 is 0 Å². The van der Waals surface area contributed by atoms with Crippen LogP contribution in [0.3, 0.4) is 0 Å². The second-order valence-corrected chi connectivity index (χ2v) is 13.5. The average Bonchev–Trinajstić information content (AvgIpc) is 3.41. The zero-order chi connectivity index (χ0) is 41.3. The van der Waals surface area contributed by atoms with Crippen molar-refractivity contribution in [1.29, 1.82) is 0 Å². The number of fused-ring (bicyclic) bond motifs is 1. The second kappa shape index (κ2) is 22.2. The van der Waals surface area contributed by atoms with Crippen LogP contribution in [-0.4, -0.2) is 27.0 Å². The van der Waals surface area contributed by atoms with E-state index in [-0.39, 0.29) is 23.3 Å². The van der Waals surface area contributed by atoms with Gasteiger partial charge in [-0.15, -0.1) is 12.8 Å². The highest BCUT2D eigenvalue weighted by Crippen LogP contribution is 2.46. The van der Waals surface area contributed by atoms with E-state index in [1.165, 1.54) is 17.9 Å². The van der Waals surface area contributed by atoms with Crippen LogP contribution >= 0.6 is 0 Å². The van der Waals surface area contributed by atoms with Gasteiger partial charge in [0.15, 0.2) is 5.82 Å². The summed E-state index contributed by atoms with van der Waals surface area (Å²) < 4.78 is 18.5. The zero-order valence-corrected chi connectivity index (χ0v) is 34.3. The van der Waals surface area contributed by atoms with Crippen LogP contribution < -0.4 is 11.1 Å². The van der Waals surface area contributed by atoms with E-state index in [1.54, 1.807) is 32.9 Å². The smallest absolute Gasteiger partial charge is 0.309 e. The molecule has 53 heavy (non-hydrogen) atoms. The Kier molecular flexibility index (Phi) is 20.1. The Balaban J connectivity index is 0.00000177. The molecule has 0 saturated heterocycles. The summed E-state index contributed by atoms with van der Waals surface area (Å²) in [4.78, 5) is 34.5. The van der Waals surface area contributed by atoms with Crippen molar-refractivity contribution in [2.75, 3.05) is 11.1 Å². The Morgan fingerprint density at radius 3 is 2.17 bits per heavy atom. The number of aliphatic carboxylic acids is 1. The number of carboxylic acid groups (broad SMARTS) is 1. The van der Waals surface area contributed by atoms with Gasteiger partial charge in [-0.05, 0) is 95.9 Å². The number of terminal acetylenes is 1. The Morgan fingerprint density at radius 1 is 1.13 bits per heavy atom. The summed E-state index contributed by atoms with van der Waals surface area (Å²) in [7, 11) is 0.